The summed E-state index contributed by atoms with van der Waals surface area (Å²) in [6, 6.07) is 9.27. The number of ether oxygens (including phenoxy) is 1. The van der Waals surface area contributed by atoms with Crippen LogP contribution in [-0.2, 0) is 20.9 Å². The number of benzene rings is 1. The number of unbranched alkanes of at least 4 members (excludes halogenated alkanes) is 17. The maximum atomic E-state index is 12.9. The SMILES string of the molecule is CCCCCCCCCCCCCCNC(=O)[C@H](COCc1ccccc1)NC(=O)CCCCCCCCC. The standard InChI is InChI=1S/C34H60N2O3/c1-3-5-7-9-11-12-13-14-15-17-19-24-28-35-34(38)32(30-39-29-31-25-21-20-22-26-31)36-33(37)27-23-18-16-10-8-6-4-2/h20-22,25-26,32H,3-19,23-24,27-30H2,1-2H3,(H,35,38)(H,36,37)/t32-/m0/s1. The molecule has 0 unspecified atom stereocenters. The minimum atomic E-state index is -0.650. The third-order valence-corrected chi connectivity index (χ3v) is 7.38. The van der Waals surface area contributed by atoms with Crippen LogP contribution in [0, 0.1) is 0 Å². The summed E-state index contributed by atoms with van der Waals surface area (Å²) in [5.41, 5.74) is 1.06. The van der Waals surface area contributed by atoms with Gasteiger partial charge >= 0.3 is 0 Å². The van der Waals surface area contributed by atoms with E-state index in [9.17, 15) is 9.59 Å². The summed E-state index contributed by atoms with van der Waals surface area (Å²) in [6.45, 7) is 5.75. The highest BCUT2D eigenvalue weighted by Gasteiger charge is 2.20. The second kappa shape index (κ2) is 26.3. The lowest BCUT2D eigenvalue weighted by atomic mass is 10.1. The third kappa shape index (κ3) is 21.6. The van der Waals surface area contributed by atoms with Crippen molar-refractivity contribution in [3.63, 3.8) is 0 Å². The molecule has 0 saturated heterocycles. The van der Waals surface area contributed by atoms with E-state index in [-0.39, 0.29) is 18.4 Å². The molecule has 39 heavy (non-hydrogen) atoms. The van der Waals surface area contributed by atoms with E-state index in [0.29, 0.717) is 19.6 Å². The summed E-state index contributed by atoms with van der Waals surface area (Å²) in [4.78, 5) is 25.5. The third-order valence-electron chi connectivity index (χ3n) is 7.38. The van der Waals surface area contributed by atoms with Crippen molar-refractivity contribution >= 4 is 11.8 Å². The fourth-order valence-corrected chi connectivity index (χ4v) is 4.86. The van der Waals surface area contributed by atoms with Gasteiger partial charge in [0.25, 0.3) is 0 Å². The summed E-state index contributed by atoms with van der Waals surface area (Å²) in [5.74, 6) is -0.198. The average Bonchev–Trinajstić information content (AvgIpc) is 2.95. The first-order valence-electron chi connectivity index (χ1n) is 16.4. The van der Waals surface area contributed by atoms with Crippen LogP contribution in [0.25, 0.3) is 0 Å². The molecule has 224 valence electrons. The normalized spacial score (nSPS) is 11.8. The summed E-state index contributed by atoms with van der Waals surface area (Å²) in [6.07, 6.45) is 24.2. The Hall–Kier alpha value is -1.88. The van der Waals surface area contributed by atoms with Gasteiger partial charge in [0, 0.05) is 13.0 Å². The van der Waals surface area contributed by atoms with Gasteiger partial charge in [0.2, 0.25) is 11.8 Å². The minimum Gasteiger partial charge on any atom is -0.374 e. The molecule has 2 N–H and O–H groups in total. The summed E-state index contributed by atoms with van der Waals surface area (Å²) in [7, 11) is 0. The second-order valence-corrected chi connectivity index (χ2v) is 11.2. The highest BCUT2D eigenvalue weighted by molar-refractivity contribution is 5.87. The van der Waals surface area contributed by atoms with Gasteiger partial charge in [-0.15, -0.1) is 0 Å². The zero-order valence-corrected chi connectivity index (χ0v) is 25.5. The molecule has 1 aromatic carbocycles. The molecule has 0 aliphatic carbocycles. The first kappa shape index (κ1) is 35.1. The number of carbonyl (C=O) groups excluding carboxylic acids is 2. The number of hydrogen-bond donors (Lipinski definition) is 2. The van der Waals surface area contributed by atoms with E-state index in [2.05, 4.69) is 24.5 Å². The van der Waals surface area contributed by atoms with Crippen molar-refractivity contribution in [1.29, 1.82) is 0 Å². The topological polar surface area (TPSA) is 67.4 Å². The van der Waals surface area contributed by atoms with Gasteiger partial charge in [0.15, 0.2) is 0 Å². The van der Waals surface area contributed by atoms with Crippen LogP contribution in [0.1, 0.15) is 148 Å². The summed E-state index contributed by atoms with van der Waals surface area (Å²) < 4.78 is 5.83. The van der Waals surface area contributed by atoms with Crippen molar-refractivity contribution in [2.75, 3.05) is 13.2 Å². The Morgan fingerprint density at radius 1 is 0.667 bits per heavy atom. The Labute approximate surface area is 240 Å². The Morgan fingerprint density at radius 3 is 1.69 bits per heavy atom. The Balaban J connectivity index is 2.25. The second-order valence-electron chi connectivity index (χ2n) is 11.2. The molecule has 1 rings (SSSR count). The molecule has 0 aliphatic heterocycles. The molecule has 0 radical (unpaired) electrons. The van der Waals surface area contributed by atoms with Crippen LogP contribution in [0.2, 0.25) is 0 Å². The Kier molecular flexibility index (Phi) is 23.7. The van der Waals surface area contributed by atoms with E-state index in [1.807, 2.05) is 30.3 Å². The Morgan fingerprint density at radius 2 is 1.15 bits per heavy atom. The summed E-state index contributed by atoms with van der Waals surface area (Å²) in [5, 5.41) is 5.97. The van der Waals surface area contributed by atoms with E-state index in [4.69, 9.17) is 4.74 Å². The highest BCUT2D eigenvalue weighted by atomic mass is 16.5. The molecule has 1 atom stereocenters. The van der Waals surface area contributed by atoms with Gasteiger partial charge in [-0.25, -0.2) is 0 Å². The monoisotopic (exact) mass is 544 g/mol. The molecule has 0 bridgehead atoms. The van der Waals surface area contributed by atoms with E-state index in [0.717, 1.165) is 31.2 Å². The molecular formula is C34H60N2O3. The smallest absolute Gasteiger partial charge is 0.244 e. The molecule has 0 aliphatic rings. The highest BCUT2D eigenvalue weighted by Crippen LogP contribution is 2.12. The quantitative estimate of drug-likeness (QED) is 0.109. The lowest BCUT2D eigenvalue weighted by Gasteiger charge is -2.19. The molecule has 0 fully saturated rings. The predicted molar refractivity (Wildman–Crippen MR) is 165 cm³/mol. The van der Waals surface area contributed by atoms with Crippen molar-refractivity contribution in [1.82, 2.24) is 10.6 Å². The molecule has 0 heterocycles. The maximum absolute atomic E-state index is 12.9. The van der Waals surface area contributed by atoms with E-state index in [1.165, 1.54) is 96.3 Å². The zero-order valence-electron chi connectivity index (χ0n) is 25.5. The van der Waals surface area contributed by atoms with Crippen LogP contribution in [0.5, 0.6) is 0 Å². The minimum absolute atomic E-state index is 0.0580. The molecule has 5 heteroatoms. The Bertz CT molecular complexity index is 695. The van der Waals surface area contributed by atoms with Crippen LogP contribution in [0.15, 0.2) is 30.3 Å². The molecule has 0 spiro atoms. The number of amides is 2. The van der Waals surface area contributed by atoms with E-state index in [1.54, 1.807) is 0 Å². The van der Waals surface area contributed by atoms with Crippen LogP contribution in [0.4, 0.5) is 0 Å². The van der Waals surface area contributed by atoms with Crippen molar-refractivity contribution in [2.45, 2.75) is 155 Å². The molecule has 1 aromatic rings. The lowest BCUT2D eigenvalue weighted by molar-refractivity contribution is -0.130. The predicted octanol–water partition coefficient (Wildman–Crippen LogP) is 8.65. The number of carbonyl (C=O) groups is 2. The number of nitrogens with one attached hydrogen (secondary N) is 2. The molecule has 5 nitrogen and oxygen atoms in total. The van der Waals surface area contributed by atoms with Gasteiger partial charge in [0.1, 0.15) is 6.04 Å². The van der Waals surface area contributed by atoms with Gasteiger partial charge in [-0.05, 0) is 18.4 Å². The first-order valence-corrected chi connectivity index (χ1v) is 16.4. The molecule has 0 saturated carbocycles. The van der Waals surface area contributed by atoms with Crippen molar-refractivity contribution in [3.05, 3.63) is 35.9 Å². The molecular weight excluding hydrogens is 484 g/mol. The number of rotatable bonds is 27. The fourth-order valence-electron chi connectivity index (χ4n) is 4.86. The zero-order chi connectivity index (χ0) is 28.2. The van der Waals surface area contributed by atoms with Gasteiger partial charge in [-0.2, -0.15) is 0 Å². The van der Waals surface area contributed by atoms with Gasteiger partial charge in [-0.1, -0.05) is 153 Å². The van der Waals surface area contributed by atoms with Crippen LogP contribution < -0.4 is 10.6 Å². The van der Waals surface area contributed by atoms with Crippen LogP contribution in [0.3, 0.4) is 0 Å². The van der Waals surface area contributed by atoms with E-state index < -0.39 is 6.04 Å². The van der Waals surface area contributed by atoms with E-state index >= 15 is 0 Å². The largest absolute Gasteiger partial charge is 0.374 e. The van der Waals surface area contributed by atoms with Crippen molar-refractivity contribution in [3.8, 4) is 0 Å². The lowest BCUT2D eigenvalue weighted by Crippen LogP contribution is -2.49. The van der Waals surface area contributed by atoms with Crippen molar-refractivity contribution in [2.24, 2.45) is 0 Å². The summed E-state index contributed by atoms with van der Waals surface area (Å²) >= 11 is 0. The fraction of sp³-hybridized carbons (Fsp3) is 0.765. The maximum Gasteiger partial charge on any atom is 0.244 e. The van der Waals surface area contributed by atoms with Gasteiger partial charge < -0.3 is 15.4 Å². The number of hydrogen-bond acceptors (Lipinski definition) is 3. The van der Waals surface area contributed by atoms with Crippen LogP contribution >= 0.6 is 0 Å². The average molecular weight is 545 g/mol. The van der Waals surface area contributed by atoms with Crippen LogP contribution in [-0.4, -0.2) is 31.0 Å². The van der Waals surface area contributed by atoms with Gasteiger partial charge in [0.05, 0.1) is 13.2 Å². The first-order chi connectivity index (χ1) is 19.2. The van der Waals surface area contributed by atoms with Crippen molar-refractivity contribution < 1.29 is 14.3 Å². The van der Waals surface area contributed by atoms with Gasteiger partial charge in [-0.3, -0.25) is 9.59 Å². The molecule has 0 aromatic heterocycles. The molecule has 2 amide bonds.